The monoisotopic (exact) mass is 273 g/mol. The van der Waals surface area contributed by atoms with Gasteiger partial charge in [0.15, 0.2) is 0 Å². The van der Waals surface area contributed by atoms with Gasteiger partial charge in [0.1, 0.15) is 14.4 Å². The Bertz CT molecular complexity index is 497. The van der Waals surface area contributed by atoms with Crippen LogP contribution in [0.3, 0.4) is 0 Å². The maximum absolute atomic E-state index is 11.9. The highest BCUT2D eigenvalue weighted by Gasteiger charge is 2.18. The van der Waals surface area contributed by atoms with Crippen LogP contribution in [0.4, 0.5) is 0 Å². The minimum absolute atomic E-state index is 0.0564. The first-order valence-electron chi connectivity index (χ1n) is 6.80. The molecule has 0 radical (unpaired) electrons. The number of nitrogens with two attached hydrogens (primary N) is 1. The van der Waals surface area contributed by atoms with E-state index in [0.29, 0.717) is 23.9 Å². The van der Waals surface area contributed by atoms with Gasteiger partial charge in [-0.05, 0) is 30.4 Å². The first-order valence-corrected chi connectivity index (χ1v) is 6.80. The Kier molecular flexibility index (Phi) is 4.60. The quantitative estimate of drug-likeness (QED) is 0.658. The average molecular weight is 273 g/mol. The molecule has 7 heteroatoms. The molecule has 2 rings (SSSR count). The highest BCUT2D eigenvalue weighted by molar-refractivity contribution is 6.26. The highest BCUT2D eigenvalue weighted by Crippen LogP contribution is 2.16. The van der Waals surface area contributed by atoms with E-state index in [9.17, 15) is 4.79 Å². The molecule has 0 aromatic carbocycles. The van der Waals surface area contributed by atoms with Gasteiger partial charge in [-0.15, -0.1) is 0 Å². The molecule has 106 valence electrons. The van der Waals surface area contributed by atoms with Gasteiger partial charge in [0.05, 0.1) is 6.21 Å². The van der Waals surface area contributed by atoms with Crippen LogP contribution < -0.4 is 11.1 Å². The van der Waals surface area contributed by atoms with Crippen molar-refractivity contribution >= 4 is 26.2 Å². The summed E-state index contributed by atoms with van der Waals surface area (Å²) in [6.45, 7) is 5.62. The van der Waals surface area contributed by atoms with Crippen LogP contribution in [0.15, 0.2) is 33.5 Å². The molecule has 6 nitrogen and oxygen atoms in total. The van der Waals surface area contributed by atoms with Gasteiger partial charge in [0.2, 0.25) is 5.91 Å². The molecule has 0 aliphatic carbocycles. The summed E-state index contributed by atoms with van der Waals surface area (Å²) in [4.78, 5) is 16.1. The average Bonchev–Trinajstić information content (AvgIpc) is 2.47. The summed E-state index contributed by atoms with van der Waals surface area (Å²) in [6.07, 6.45) is 5.46. The maximum atomic E-state index is 11.9. The van der Waals surface area contributed by atoms with Crippen LogP contribution in [0.25, 0.3) is 0 Å². The van der Waals surface area contributed by atoms with Crippen molar-refractivity contribution in [1.82, 2.24) is 10.3 Å². The molecule has 1 unspecified atom stereocenters. The standard InChI is InChI=1S/C13H20BN5O/c1-9-13(14)11(15)7-18-19(9)8-12(20)17-6-10-2-4-16-5-3-10/h4,7,10H,1-3,5-6,8,14-15H2,(H,17,20). The van der Waals surface area contributed by atoms with Gasteiger partial charge in [0.25, 0.3) is 0 Å². The molecule has 2 heterocycles. The summed E-state index contributed by atoms with van der Waals surface area (Å²) < 4.78 is 0. The predicted octanol–water partition coefficient (Wildman–Crippen LogP) is -0.798. The smallest absolute Gasteiger partial charge is 0.241 e. The molecule has 0 aromatic heterocycles. The van der Waals surface area contributed by atoms with Crippen LogP contribution in [-0.2, 0) is 4.79 Å². The zero-order valence-electron chi connectivity index (χ0n) is 11.8. The van der Waals surface area contributed by atoms with Gasteiger partial charge < -0.3 is 11.1 Å². The number of amides is 1. The fraction of sp³-hybridized carbons (Fsp3) is 0.462. The molecular formula is C13H20BN5O. The van der Waals surface area contributed by atoms with E-state index in [2.05, 4.69) is 22.0 Å². The van der Waals surface area contributed by atoms with E-state index in [1.807, 2.05) is 14.1 Å². The van der Waals surface area contributed by atoms with Crippen LogP contribution in [0.2, 0.25) is 0 Å². The molecule has 20 heavy (non-hydrogen) atoms. The van der Waals surface area contributed by atoms with Crippen molar-refractivity contribution in [2.75, 3.05) is 19.6 Å². The first-order chi connectivity index (χ1) is 9.58. The lowest BCUT2D eigenvalue weighted by Crippen LogP contribution is -2.38. The van der Waals surface area contributed by atoms with Crippen LogP contribution in [0.5, 0.6) is 0 Å². The van der Waals surface area contributed by atoms with Crippen LogP contribution in [0, 0.1) is 5.92 Å². The number of nitrogens with one attached hydrogen (secondary N) is 1. The summed E-state index contributed by atoms with van der Waals surface area (Å²) in [7, 11) is 1.87. The fourth-order valence-corrected chi connectivity index (χ4v) is 2.12. The van der Waals surface area contributed by atoms with Crippen molar-refractivity contribution in [3.05, 3.63) is 23.4 Å². The molecule has 0 saturated carbocycles. The van der Waals surface area contributed by atoms with E-state index in [4.69, 9.17) is 5.73 Å². The van der Waals surface area contributed by atoms with E-state index < -0.39 is 0 Å². The number of allylic oxidation sites excluding steroid dienone is 2. The van der Waals surface area contributed by atoms with Gasteiger partial charge in [0, 0.05) is 24.5 Å². The van der Waals surface area contributed by atoms with Crippen molar-refractivity contribution in [3.63, 3.8) is 0 Å². The second-order valence-corrected chi connectivity index (χ2v) is 5.11. The molecule has 2 aliphatic heterocycles. The Morgan fingerprint density at radius 3 is 3.15 bits per heavy atom. The van der Waals surface area contributed by atoms with Gasteiger partial charge in [-0.25, -0.2) is 0 Å². The van der Waals surface area contributed by atoms with Gasteiger partial charge in [-0.3, -0.25) is 14.8 Å². The molecule has 0 fully saturated rings. The van der Waals surface area contributed by atoms with E-state index in [-0.39, 0.29) is 12.5 Å². The van der Waals surface area contributed by atoms with Crippen molar-refractivity contribution in [2.24, 2.45) is 21.7 Å². The third-order valence-corrected chi connectivity index (χ3v) is 3.63. The summed E-state index contributed by atoms with van der Waals surface area (Å²) in [5.41, 5.74) is 7.87. The van der Waals surface area contributed by atoms with E-state index in [0.717, 1.165) is 24.9 Å². The first kappa shape index (κ1) is 14.4. The normalized spacial score (nSPS) is 22.3. The zero-order valence-corrected chi connectivity index (χ0v) is 11.8. The van der Waals surface area contributed by atoms with E-state index in [1.165, 1.54) is 0 Å². The number of aliphatic imine (C=N–C) groups is 1. The molecular weight excluding hydrogens is 253 g/mol. The zero-order chi connectivity index (χ0) is 14.5. The third kappa shape index (κ3) is 3.49. The lowest BCUT2D eigenvalue weighted by atomic mass is 9.90. The van der Waals surface area contributed by atoms with E-state index in [1.54, 1.807) is 11.2 Å². The second-order valence-electron chi connectivity index (χ2n) is 5.11. The molecule has 0 bridgehead atoms. The number of hydrogen-bond acceptors (Lipinski definition) is 5. The number of hydrogen-bond donors (Lipinski definition) is 2. The third-order valence-electron chi connectivity index (χ3n) is 3.63. The van der Waals surface area contributed by atoms with Crippen LogP contribution >= 0.6 is 0 Å². The number of hydrazone groups is 1. The van der Waals surface area contributed by atoms with Gasteiger partial charge >= 0.3 is 0 Å². The highest BCUT2D eigenvalue weighted by atomic mass is 16.2. The Morgan fingerprint density at radius 1 is 1.65 bits per heavy atom. The lowest BCUT2D eigenvalue weighted by molar-refractivity contribution is -0.122. The lowest BCUT2D eigenvalue weighted by Gasteiger charge is -2.26. The molecule has 1 atom stereocenters. The Labute approximate surface area is 119 Å². The van der Waals surface area contributed by atoms with Crippen molar-refractivity contribution in [2.45, 2.75) is 12.8 Å². The summed E-state index contributed by atoms with van der Waals surface area (Å²) in [5, 5.41) is 8.64. The number of carbonyl (C=O) groups excluding carboxylic acids is 1. The second kappa shape index (κ2) is 6.41. The summed E-state index contributed by atoms with van der Waals surface area (Å²) in [5.74, 6) is 0.431. The summed E-state index contributed by atoms with van der Waals surface area (Å²) in [6, 6.07) is 0. The number of nitrogens with zero attached hydrogens (tertiary/aromatic N) is 3. The minimum Gasteiger partial charge on any atom is -0.398 e. The summed E-state index contributed by atoms with van der Waals surface area (Å²) >= 11 is 0. The fourth-order valence-electron chi connectivity index (χ4n) is 2.12. The maximum Gasteiger partial charge on any atom is 0.241 e. The Balaban J connectivity index is 1.79. The number of carbonyl (C=O) groups is 1. The van der Waals surface area contributed by atoms with E-state index >= 15 is 0 Å². The molecule has 1 amide bonds. The van der Waals surface area contributed by atoms with Crippen LogP contribution in [0.1, 0.15) is 12.8 Å². The van der Waals surface area contributed by atoms with Crippen LogP contribution in [-0.4, -0.2) is 50.8 Å². The van der Waals surface area contributed by atoms with Gasteiger partial charge in [-0.1, -0.05) is 6.58 Å². The predicted molar refractivity (Wildman–Crippen MR) is 83.2 cm³/mol. The Hall–Kier alpha value is -2.05. The topological polar surface area (TPSA) is 83.1 Å². The van der Waals surface area contributed by atoms with Crippen molar-refractivity contribution in [1.29, 1.82) is 0 Å². The SMILES string of the molecule is BC1=C(N)C=NN(CC(=O)NCC2CC=NCC2)C1=C. The Morgan fingerprint density at radius 2 is 2.45 bits per heavy atom. The largest absolute Gasteiger partial charge is 0.398 e. The van der Waals surface area contributed by atoms with Crippen molar-refractivity contribution < 1.29 is 4.79 Å². The molecule has 0 spiro atoms. The molecule has 0 aromatic rings. The minimum atomic E-state index is -0.0564. The number of rotatable bonds is 4. The molecule has 2 aliphatic rings. The molecule has 0 saturated heterocycles. The molecule has 3 N–H and O–H groups in total. The van der Waals surface area contributed by atoms with Crippen molar-refractivity contribution in [3.8, 4) is 0 Å². The van der Waals surface area contributed by atoms with Gasteiger partial charge in [-0.2, -0.15) is 5.10 Å².